The number of rotatable bonds is 5. The van der Waals surface area contributed by atoms with Gasteiger partial charge in [-0.1, -0.05) is 35.7 Å². The molecule has 4 nitrogen and oxygen atoms in total. The van der Waals surface area contributed by atoms with Crippen molar-refractivity contribution in [3.63, 3.8) is 0 Å². The first-order chi connectivity index (χ1) is 12.6. The highest BCUT2D eigenvalue weighted by molar-refractivity contribution is 5.93. The monoisotopic (exact) mass is 347 g/mol. The summed E-state index contributed by atoms with van der Waals surface area (Å²) in [7, 11) is 0. The van der Waals surface area contributed by atoms with Gasteiger partial charge in [-0.2, -0.15) is 0 Å². The minimum atomic E-state index is -0.338. The van der Waals surface area contributed by atoms with Crippen molar-refractivity contribution in [2.24, 2.45) is 0 Å². The molecule has 1 amide bonds. The molecule has 0 aliphatic rings. The lowest BCUT2D eigenvalue weighted by atomic mass is 10.1. The summed E-state index contributed by atoms with van der Waals surface area (Å²) in [4.78, 5) is 18.7. The van der Waals surface area contributed by atoms with Crippen molar-refractivity contribution in [2.45, 2.75) is 13.5 Å². The SMILES string of the molecule is C#CCN(Cc1ccc(C)cc1)C(=O)c1cncn1-c1ccc(F)cc1. The molecule has 3 aromatic rings. The van der Waals surface area contributed by atoms with Crippen molar-refractivity contribution < 1.29 is 9.18 Å². The van der Waals surface area contributed by atoms with Crippen LogP contribution < -0.4 is 0 Å². The number of benzene rings is 2. The molecule has 0 aliphatic heterocycles. The highest BCUT2D eigenvalue weighted by Crippen LogP contribution is 2.16. The van der Waals surface area contributed by atoms with E-state index in [0.717, 1.165) is 11.1 Å². The minimum Gasteiger partial charge on any atom is -0.322 e. The van der Waals surface area contributed by atoms with Crippen LogP contribution in [-0.4, -0.2) is 26.9 Å². The Morgan fingerprint density at radius 2 is 1.88 bits per heavy atom. The third kappa shape index (κ3) is 3.81. The zero-order valence-electron chi connectivity index (χ0n) is 14.4. The molecule has 5 heteroatoms. The van der Waals surface area contributed by atoms with Crippen LogP contribution >= 0.6 is 0 Å². The third-order valence-corrected chi connectivity index (χ3v) is 4.03. The molecule has 0 bridgehead atoms. The second-order valence-electron chi connectivity index (χ2n) is 5.98. The Kier molecular flexibility index (Phi) is 5.14. The standard InChI is InChI=1S/C21H18FN3O/c1-3-12-24(14-17-6-4-16(2)5-7-17)21(26)20-13-23-15-25(20)19-10-8-18(22)9-11-19/h1,4-11,13,15H,12,14H2,2H3. The summed E-state index contributed by atoms with van der Waals surface area (Å²) in [5.74, 6) is 1.97. The van der Waals surface area contributed by atoms with Gasteiger partial charge in [0.05, 0.1) is 19.1 Å². The molecule has 2 aromatic carbocycles. The quantitative estimate of drug-likeness (QED) is 0.662. The molecular formula is C21H18FN3O. The second kappa shape index (κ2) is 7.66. The number of aromatic nitrogens is 2. The number of hydrogen-bond acceptors (Lipinski definition) is 2. The van der Waals surface area contributed by atoms with Crippen LogP contribution in [0.3, 0.4) is 0 Å². The fourth-order valence-electron chi connectivity index (χ4n) is 2.65. The number of imidazole rings is 1. The number of hydrogen-bond donors (Lipinski definition) is 0. The van der Waals surface area contributed by atoms with E-state index in [1.807, 2.05) is 31.2 Å². The number of nitrogens with zero attached hydrogens (tertiary/aromatic N) is 3. The summed E-state index contributed by atoms with van der Waals surface area (Å²) in [6, 6.07) is 13.8. The van der Waals surface area contributed by atoms with E-state index in [1.165, 1.54) is 24.7 Å². The molecule has 0 aliphatic carbocycles. The zero-order chi connectivity index (χ0) is 18.5. The Morgan fingerprint density at radius 1 is 1.19 bits per heavy atom. The largest absolute Gasteiger partial charge is 0.322 e. The number of halogens is 1. The maximum Gasteiger partial charge on any atom is 0.273 e. The first-order valence-corrected chi connectivity index (χ1v) is 8.15. The molecule has 0 radical (unpaired) electrons. The van der Waals surface area contributed by atoms with Crippen LogP contribution in [0.4, 0.5) is 4.39 Å². The highest BCUT2D eigenvalue weighted by atomic mass is 19.1. The van der Waals surface area contributed by atoms with Gasteiger partial charge in [0.25, 0.3) is 5.91 Å². The molecule has 0 unspecified atom stereocenters. The minimum absolute atomic E-state index is 0.182. The Balaban J connectivity index is 1.88. The molecule has 1 aromatic heterocycles. The molecule has 26 heavy (non-hydrogen) atoms. The Bertz CT molecular complexity index is 937. The lowest BCUT2D eigenvalue weighted by Crippen LogP contribution is -2.32. The van der Waals surface area contributed by atoms with Gasteiger partial charge in [0.15, 0.2) is 0 Å². The molecule has 0 spiro atoms. The number of aryl methyl sites for hydroxylation is 1. The summed E-state index contributed by atoms with van der Waals surface area (Å²) in [6.45, 7) is 2.59. The van der Waals surface area contributed by atoms with E-state index >= 15 is 0 Å². The number of amides is 1. The lowest BCUT2D eigenvalue weighted by molar-refractivity contribution is 0.0757. The van der Waals surface area contributed by atoms with E-state index in [9.17, 15) is 9.18 Å². The van der Waals surface area contributed by atoms with Crippen molar-refractivity contribution >= 4 is 5.91 Å². The summed E-state index contributed by atoms with van der Waals surface area (Å²) in [5, 5.41) is 0. The molecule has 130 valence electrons. The van der Waals surface area contributed by atoms with Gasteiger partial charge < -0.3 is 4.90 Å². The maximum atomic E-state index is 13.2. The van der Waals surface area contributed by atoms with Gasteiger partial charge in [0, 0.05) is 12.2 Å². The van der Waals surface area contributed by atoms with E-state index in [-0.39, 0.29) is 18.3 Å². The van der Waals surface area contributed by atoms with Crippen LogP contribution in [-0.2, 0) is 6.54 Å². The summed E-state index contributed by atoms with van der Waals surface area (Å²) in [6.07, 6.45) is 8.47. The van der Waals surface area contributed by atoms with Crippen molar-refractivity contribution in [1.29, 1.82) is 0 Å². The topological polar surface area (TPSA) is 38.1 Å². The van der Waals surface area contributed by atoms with Crippen molar-refractivity contribution in [1.82, 2.24) is 14.5 Å². The van der Waals surface area contributed by atoms with E-state index in [4.69, 9.17) is 6.42 Å². The zero-order valence-corrected chi connectivity index (χ0v) is 14.4. The van der Waals surface area contributed by atoms with Crippen LogP contribution in [0.2, 0.25) is 0 Å². The number of carbonyl (C=O) groups excluding carboxylic acids is 1. The van der Waals surface area contributed by atoms with Crippen molar-refractivity contribution in [2.75, 3.05) is 6.54 Å². The van der Waals surface area contributed by atoms with Crippen LogP contribution in [0.15, 0.2) is 61.1 Å². The van der Waals surface area contributed by atoms with Gasteiger partial charge in [0.2, 0.25) is 0 Å². The highest BCUT2D eigenvalue weighted by Gasteiger charge is 2.20. The number of carbonyl (C=O) groups is 1. The summed E-state index contributed by atoms with van der Waals surface area (Å²) >= 11 is 0. The molecule has 1 heterocycles. The predicted octanol–water partition coefficient (Wildman–Crippen LogP) is 3.60. The van der Waals surface area contributed by atoms with Gasteiger partial charge in [-0.15, -0.1) is 6.42 Å². The van der Waals surface area contributed by atoms with Gasteiger partial charge in [-0.05, 0) is 36.8 Å². The van der Waals surface area contributed by atoms with Crippen LogP contribution in [0.5, 0.6) is 0 Å². The fourth-order valence-corrected chi connectivity index (χ4v) is 2.65. The normalized spacial score (nSPS) is 10.3. The maximum absolute atomic E-state index is 13.2. The second-order valence-corrected chi connectivity index (χ2v) is 5.98. The van der Waals surface area contributed by atoms with Gasteiger partial charge in [0.1, 0.15) is 11.5 Å². The molecule has 0 fully saturated rings. The van der Waals surface area contributed by atoms with Crippen molar-refractivity contribution in [3.05, 3.63) is 83.7 Å². The van der Waals surface area contributed by atoms with Gasteiger partial charge in [-0.25, -0.2) is 9.37 Å². The van der Waals surface area contributed by atoms with Gasteiger partial charge in [-0.3, -0.25) is 9.36 Å². The Hall–Kier alpha value is -3.39. The smallest absolute Gasteiger partial charge is 0.273 e. The third-order valence-electron chi connectivity index (χ3n) is 4.03. The first-order valence-electron chi connectivity index (χ1n) is 8.15. The Morgan fingerprint density at radius 3 is 2.54 bits per heavy atom. The van der Waals surface area contributed by atoms with Crippen LogP contribution in [0, 0.1) is 25.1 Å². The van der Waals surface area contributed by atoms with Crippen LogP contribution in [0.1, 0.15) is 21.6 Å². The summed E-state index contributed by atoms with van der Waals surface area (Å²) in [5.41, 5.74) is 3.17. The molecule has 0 saturated carbocycles. The summed E-state index contributed by atoms with van der Waals surface area (Å²) < 4.78 is 14.8. The average Bonchev–Trinajstić information content (AvgIpc) is 3.13. The van der Waals surface area contributed by atoms with E-state index in [1.54, 1.807) is 21.6 Å². The lowest BCUT2D eigenvalue weighted by Gasteiger charge is -2.21. The molecule has 0 N–H and O–H groups in total. The molecule has 3 rings (SSSR count). The van der Waals surface area contributed by atoms with Crippen LogP contribution in [0.25, 0.3) is 5.69 Å². The predicted molar refractivity (Wildman–Crippen MR) is 98.3 cm³/mol. The Labute approximate surface area is 151 Å². The number of terminal acetylenes is 1. The van der Waals surface area contributed by atoms with E-state index in [0.29, 0.717) is 17.9 Å². The van der Waals surface area contributed by atoms with Gasteiger partial charge >= 0.3 is 0 Å². The fraction of sp³-hybridized carbons (Fsp3) is 0.143. The molecule has 0 saturated heterocycles. The van der Waals surface area contributed by atoms with Crippen molar-refractivity contribution in [3.8, 4) is 18.0 Å². The molecule has 0 atom stereocenters. The average molecular weight is 347 g/mol. The van der Waals surface area contributed by atoms with E-state index in [2.05, 4.69) is 10.9 Å². The molecular weight excluding hydrogens is 329 g/mol. The first kappa shape index (κ1) is 17.4. The van der Waals surface area contributed by atoms with E-state index < -0.39 is 0 Å².